The Kier molecular flexibility index (Phi) is 3.97. The van der Waals surface area contributed by atoms with Crippen molar-refractivity contribution in [1.29, 1.82) is 0 Å². The first kappa shape index (κ1) is 14.4. The Morgan fingerprint density at radius 1 is 1.25 bits per heavy atom. The third-order valence-electron chi connectivity index (χ3n) is 3.06. The van der Waals surface area contributed by atoms with Crippen LogP contribution in [0.3, 0.4) is 0 Å². The fraction of sp³-hybridized carbons (Fsp3) is 0.467. The Balaban J connectivity index is 2.02. The van der Waals surface area contributed by atoms with Gasteiger partial charge in [0.05, 0.1) is 18.3 Å². The summed E-state index contributed by atoms with van der Waals surface area (Å²) in [6.07, 6.45) is 1.99. The summed E-state index contributed by atoms with van der Waals surface area (Å²) in [5.74, 6) is 0. The van der Waals surface area contributed by atoms with Gasteiger partial charge in [0, 0.05) is 25.5 Å². The molecule has 1 N–H and O–H groups in total. The van der Waals surface area contributed by atoms with Crippen LogP contribution in [0.2, 0.25) is 0 Å². The molecule has 0 amide bonds. The molecule has 2 rings (SSSR count). The zero-order valence-corrected chi connectivity index (χ0v) is 12.9. The van der Waals surface area contributed by atoms with Crippen LogP contribution in [-0.2, 0) is 12.1 Å². The van der Waals surface area contributed by atoms with Crippen molar-refractivity contribution in [3.8, 4) is 0 Å². The summed E-state index contributed by atoms with van der Waals surface area (Å²) in [7, 11) is 4.07. The number of rotatable bonds is 4. The highest BCUT2D eigenvalue weighted by Crippen LogP contribution is 2.18. The molecule has 1 heterocycles. The van der Waals surface area contributed by atoms with Gasteiger partial charge in [-0.25, -0.2) is 4.68 Å². The Labute approximate surface area is 120 Å². The topological polar surface area (TPSA) is 46.0 Å². The largest absolute Gasteiger partial charge is 0.379 e. The van der Waals surface area contributed by atoms with E-state index in [0.29, 0.717) is 6.54 Å². The van der Waals surface area contributed by atoms with Crippen molar-refractivity contribution in [1.82, 2.24) is 15.0 Å². The van der Waals surface area contributed by atoms with Crippen LogP contribution in [0.4, 0.5) is 11.4 Å². The van der Waals surface area contributed by atoms with Gasteiger partial charge in [-0.1, -0.05) is 11.3 Å². The maximum atomic E-state index is 4.20. The normalized spacial score (nSPS) is 11.4. The SMILES string of the molecule is CN(C)c1cccc(NCc2cn(C(C)(C)C)nn2)c1. The number of nitrogens with one attached hydrogen (secondary N) is 1. The van der Waals surface area contributed by atoms with Crippen LogP contribution in [0.15, 0.2) is 30.5 Å². The average Bonchev–Trinajstić information content (AvgIpc) is 2.85. The number of nitrogens with zero attached hydrogens (tertiary/aromatic N) is 4. The zero-order chi connectivity index (χ0) is 14.8. The highest BCUT2D eigenvalue weighted by atomic mass is 15.4. The molecule has 0 aliphatic carbocycles. The Morgan fingerprint density at radius 2 is 2.00 bits per heavy atom. The van der Waals surface area contributed by atoms with E-state index in [2.05, 4.69) is 59.5 Å². The molecule has 0 radical (unpaired) electrons. The minimum absolute atomic E-state index is 0.0317. The van der Waals surface area contributed by atoms with Crippen LogP contribution in [-0.4, -0.2) is 29.1 Å². The standard InChI is InChI=1S/C15H23N5/c1-15(2,3)20-11-13(17-18-20)10-16-12-7-6-8-14(9-12)19(4)5/h6-9,11,16H,10H2,1-5H3. The van der Waals surface area contributed by atoms with Crippen LogP contribution in [0.5, 0.6) is 0 Å². The second-order valence-electron chi connectivity index (χ2n) is 6.12. The first-order valence-electron chi connectivity index (χ1n) is 6.79. The van der Waals surface area contributed by atoms with Gasteiger partial charge in [0.15, 0.2) is 0 Å². The lowest BCUT2D eigenvalue weighted by Crippen LogP contribution is -2.22. The summed E-state index contributed by atoms with van der Waals surface area (Å²) >= 11 is 0. The Hall–Kier alpha value is -2.04. The molecule has 1 aromatic carbocycles. The van der Waals surface area contributed by atoms with Crippen LogP contribution < -0.4 is 10.2 Å². The molecule has 0 saturated heterocycles. The summed E-state index contributed by atoms with van der Waals surface area (Å²) in [6.45, 7) is 7.01. The van der Waals surface area contributed by atoms with Gasteiger partial charge in [0.2, 0.25) is 0 Å². The van der Waals surface area contributed by atoms with Crippen LogP contribution in [0.1, 0.15) is 26.5 Å². The first-order chi connectivity index (χ1) is 9.36. The molecule has 0 aliphatic heterocycles. The van der Waals surface area contributed by atoms with E-state index in [1.165, 1.54) is 5.69 Å². The highest BCUT2D eigenvalue weighted by molar-refractivity contribution is 5.57. The predicted octanol–water partition coefficient (Wildman–Crippen LogP) is 2.71. The zero-order valence-electron chi connectivity index (χ0n) is 12.9. The van der Waals surface area contributed by atoms with E-state index in [0.717, 1.165) is 11.4 Å². The van der Waals surface area contributed by atoms with Gasteiger partial charge in [0.1, 0.15) is 5.69 Å². The maximum Gasteiger partial charge on any atom is 0.102 e. The number of hydrogen-bond acceptors (Lipinski definition) is 4. The molecule has 20 heavy (non-hydrogen) atoms. The van der Waals surface area contributed by atoms with E-state index in [-0.39, 0.29) is 5.54 Å². The molecule has 0 saturated carbocycles. The smallest absolute Gasteiger partial charge is 0.102 e. The predicted molar refractivity (Wildman–Crippen MR) is 83.1 cm³/mol. The molecular formula is C15H23N5. The molecular weight excluding hydrogens is 250 g/mol. The number of aromatic nitrogens is 3. The van der Waals surface area contributed by atoms with Gasteiger partial charge in [0.25, 0.3) is 0 Å². The lowest BCUT2D eigenvalue weighted by Gasteiger charge is -2.17. The van der Waals surface area contributed by atoms with Crippen molar-refractivity contribution < 1.29 is 0 Å². The Morgan fingerprint density at radius 3 is 2.60 bits per heavy atom. The van der Waals surface area contributed by atoms with E-state index in [9.17, 15) is 0 Å². The summed E-state index contributed by atoms with van der Waals surface area (Å²) in [4.78, 5) is 2.08. The fourth-order valence-electron chi connectivity index (χ4n) is 1.79. The molecule has 0 spiro atoms. The third-order valence-corrected chi connectivity index (χ3v) is 3.06. The molecule has 0 unspecified atom stereocenters. The van der Waals surface area contributed by atoms with Crippen molar-refractivity contribution in [3.05, 3.63) is 36.2 Å². The van der Waals surface area contributed by atoms with E-state index < -0.39 is 0 Å². The van der Waals surface area contributed by atoms with Crippen molar-refractivity contribution in [2.75, 3.05) is 24.3 Å². The third kappa shape index (κ3) is 3.50. The second kappa shape index (κ2) is 5.53. The minimum atomic E-state index is -0.0317. The van der Waals surface area contributed by atoms with Crippen molar-refractivity contribution in [2.45, 2.75) is 32.9 Å². The molecule has 5 heteroatoms. The first-order valence-corrected chi connectivity index (χ1v) is 6.79. The molecule has 0 atom stereocenters. The van der Waals surface area contributed by atoms with Gasteiger partial charge in [-0.05, 0) is 39.0 Å². The lowest BCUT2D eigenvalue weighted by molar-refractivity contribution is 0.347. The van der Waals surface area contributed by atoms with E-state index in [4.69, 9.17) is 0 Å². The van der Waals surface area contributed by atoms with Gasteiger partial charge in [-0.2, -0.15) is 0 Å². The molecule has 108 valence electrons. The fourth-order valence-corrected chi connectivity index (χ4v) is 1.79. The average molecular weight is 273 g/mol. The quantitative estimate of drug-likeness (QED) is 0.930. The molecule has 0 aliphatic rings. The van der Waals surface area contributed by atoms with E-state index >= 15 is 0 Å². The Bertz CT molecular complexity index is 566. The van der Waals surface area contributed by atoms with Crippen LogP contribution in [0.25, 0.3) is 0 Å². The number of anilines is 2. The highest BCUT2D eigenvalue weighted by Gasteiger charge is 2.14. The van der Waals surface area contributed by atoms with Gasteiger partial charge < -0.3 is 10.2 Å². The molecule has 1 aromatic heterocycles. The monoisotopic (exact) mass is 273 g/mol. The van der Waals surface area contributed by atoms with Crippen molar-refractivity contribution in [3.63, 3.8) is 0 Å². The van der Waals surface area contributed by atoms with Crippen molar-refractivity contribution >= 4 is 11.4 Å². The molecule has 0 bridgehead atoms. The van der Waals surface area contributed by atoms with Gasteiger partial charge >= 0.3 is 0 Å². The summed E-state index contributed by atoms with van der Waals surface area (Å²) in [6, 6.07) is 8.31. The van der Waals surface area contributed by atoms with Gasteiger partial charge in [-0.15, -0.1) is 5.10 Å². The summed E-state index contributed by atoms with van der Waals surface area (Å²) in [5, 5.41) is 11.7. The maximum absolute atomic E-state index is 4.20. The van der Waals surface area contributed by atoms with Crippen molar-refractivity contribution in [2.24, 2.45) is 0 Å². The van der Waals surface area contributed by atoms with E-state index in [1.807, 2.05) is 31.0 Å². The summed E-state index contributed by atoms with van der Waals surface area (Å²) < 4.78 is 1.89. The number of benzene rings is 1. The molecule has 0 fully saturated rings. The van der Waals surface area contributed by atoms with E-state index in [1.54, 1.807) is 0 Å². The minimum Gasteiger partial charge on any atom is -0.379 e. The van der Waals surface area contributed by atoms with Crippen LogP contribution in [0, 0.1) is 0 Å². The lowest BCUT2D eigenvalue weighted by atomic mass is 10.1. The van der Waals surface area contributed by atoms with Gasteiger partial charge in [-0.3, -0.25) is 0 Å². The van der Waals surface area contributed by atoms with Crippen LogP contribution >= 0.6 is 0 Å². The molecule has 5 nitrogen and oxygen atoms in total. The molecule has 2 aromatic rings. The number of hydrogen-bond donors (Lipinski definition) is 1. The second-order valence-corrected chi connectivity index (χ2v) is 6.12. The summed E-state index contributed by atoms with van der Waals surface area (Å²) in [5.41, 5.74) is 3.17.